The molecule has 0 spiro atoms. The molecule has 0 amide bonds. The summed E-state index contributed by atoms with van der Waals surface area (Å²) in [6, 6.07) is 0. The van der Waals surface area contributed by atoms with Crippen molar-refractivity contribution in [2.75, 3.05) is 13.7 Å². The van der Waals surface area contributed by atoms with Crippen LogP contribution < -0.4 is 9.47 Å². The number of pyridine rings is 1. The van der Waals surface area contributed by atoms with E-state index in [1.807, 2.05) is 0 Å². The summed E-state index contributed by atoms with van der Waals surface area (Å²) in [7, 11) is 1.26. The van der Waals surface area contributed by atoms with E-state index in [0.717, 1.165) is 0 Å². The predicted molar refractivity (Wildman–Crippen MR) is 62.5 cm³/mol. The van der Waals surface area contributed by atoms with Gasteiger partial charge < -0.3 is 14.2 Å². The normalized spacial score (nSPS) is 11.1. The Morgan fingerprint density at radius 1 is 1.40 bits per heavy atom. The number of hydrogen-bond donors (Lipinski definition) is 0. The lowest BCUT2D eigenvalue weighted by Gasteiger charge is -2.17. The summed E-state index contributed by atoms with van der Waals surface area (Å²) in [5.41, 5.74) is -0.0433. The lowest BCUT2D eigenvalue weighted by atomic mass is 10.1. The Bertz CT molecular complexity index is 488. The third-order valence-corrected chi connectivity index (χ3v) is 2.34. The van der Waals surface area contributed by atoms with Crippen molar-refractivity contribution in [1.82, 2.24) is 4.98 Å². The zero-order chi connectivity index (χ0) is 15.3. The van der Waals surface area contributed by atoms with Gasteiger partial charge in [0.2, 0.25) is 0 Å². The van der Waals surface area contributed by atoms with Crippen molar-refractivity contribution >= 4 is 5.97 Å². The molecule has 0 aliphatic heterocycles. The van der Waals surface area contributed by atoms with Gasteiger partial charge in [0.15, 0.2) is 5.75 Å². The first-order valence-corrected chi connectivity index (χ1v) is 5.72. The van der Waals surface area contributed by atoms with E-state index in [1.54, 1.807) is 6.92 Å². The van der Waals surface area contributed by atoms with Gasteiger partial charge in [-0.05, 0) is 13.8 Å². The number of methoxy groups -OCH3 is 1. The maximum absolute atomic E-state index is 12.4. The molecule has 1 heterocycles. The van der Waals surface area contributed by atoms with Crippen molar-refractivity contribution in [3.63, 3.8) is 0 Å². The van der Waals surface area contributed by atoms with E-state index in [0.29, 0.717) is 0 Å². The van der Waals surface area contributed by atoms with Crippen LogP contribution in [0.5, 0.6) is 11.5 Å². The van der Waals surface area contributed by atoms with Crippen LogP contribution in [0.4, 0.5) is 13.2 Å². The van der Waals surface area contributed by atoms with Crippen molar-refractivity contribution in [3.05, 3.63) is 17.5 Å². The van der Waals surface area contributed by atoms with E-state index in [9.17, 15) is 18.0 Å². The maximum Gasteiger partial charge on any atom is 0.573 e. The number of esters is 1. The number of rotatable bonds is 5. The largest absolute Gasteiger partial charge is 0.573 e. The topological polar surface area (TPSA) is 57.7 Å². The van der Waals surface area contributed by atoms with Crippen molar-refractivity contribution in [2.45, 2.75) is 26.6 Å². The molecule has 0 atom stereocenters. The predicted octanol–water partition coefficient (Wildman–Crippen LogP) is 2.40. The highest BCUT2D eigenvalue weighted by molar-refractivity contribution is 5.75. The molecule has 0 saturated heterocycles. The number of nitrogens with zero attached hydrogens (tertiary/aromatic N) is 1. The second-order valence-corrected chi connectivity index (χ2v) is 3.75. The van der Waals surface area contributed by atoms with Crippen LogP contribution in [0.2, 0.25) is 0 Å². The number of ether oxygens (including phenoxy) is 3. The molecule has 0 unspecified atom stereocenters. The number of halogens is 3. The Labute approximate surface area is 113 Å². The molecular formula is C12H14F3NO4. The third kappa shape index (κ3) is 4.29. The average molecular weight is 293 g/mol. The Morgan fingerprint density at radius 3 is 2.55 bits per heavy atom. The van der Waals surface area contributed by atoms with Gasteiger partial charge in [-0.15, -0.1) is 13.2 Å². The number of alkyl halides is 3. The van der Waals surface area contributed by atoms with Gasteiger partial charge in [0, 0.05) is 0 Å². The number of aryl methyl sites for hydroxylation is 1. The lowest BCUT2D eigenvalue weighted by Crippen LogP contribution is -2.20. The minimum absolute atomic E-state index is 0.00224. The Balaban J connectivity index is 3.21. The van der Waals surface area contributed by atoms with Crippen molar-refractivity contribution in [2.24, 2.45) is 0 Å². The summed E-state index contributed by atoms with van der Waals surface area (Å²) in [5, 5.41) is 0. The zero-order valence-corrected chi connectivity index (χ0v) is 11.2. The number of carbonyl (C=O) groups excluding carboxylic acids is 1. The molecule has 0 fully saturated rings. The van der Waals surface area contributed by atoms with Crippen molar-refractivity contribution < 1.29 is 32.2 Å². The molecule has 1 rings (SSSR count). The molecule has 5 nitrogen and oxygen atoms in total. The van der Waals surface area contributed by atoms with Gasteiger partial charge >= 0.3 is 12.3 Å². The van der Waals surface area contributed by atoms with Crippen LogP contribution in [0.25, 0.3) is 0 Å². The first-order chi connectivity index (χ1) is 9.28. The van der Waals surface area contributed by atoms with Gasteiger partial charge in [-0.25, -0.2) is 0 Å². The molecule has 1 aromatic rings. The highest BCUT2D eigenvalue weighted by Crippen LogP contribution is 2.34. The molecule has 0 aliphatic rings. The van der Waals surface area contributed by atoms with Crippen molar-refractivity contribution in [3.8, 4) is 11.5 Å². The standard InChI is InChI=1S/C12H14F3NO4/c1-4-19-10(17)5-8-9(18-3)6-16-7(2)11(8)20-12(13,14)15/h6H,4-5H2,1-3H3. The summed E-state index contributed by atoms with van der Waals surface area (Å²) in [6.07, 6.45) is -4.05. The summed E-state index contributed by atoms with van der Waals surface area (Å²) in [5.74, 6) is -1.18. The third-order valence-electron chi connectivity index (χ3n) is 2.34. The monoisotopic (exact) mass is 293 g/mol. The minimum Gasteiger partial charge on any atom is -0.495 e. The second-order valence-electron chi connectivity index (χ2n) is 3.75. The minimum atomic E-state index is -4.89. The second kappa shape index (κ2) is 6.44. The van der Waals surface area contributed by atoms with E-state index in [2.05, 4.69) is 9.72 Å². The molecule has 0 saturated carbocycles. The zero-order valence-electron chi connectivity index (χ0n) is 11.2. The highest BCUT2D eigenvalue weighted by Gasteiger charge is 2.34. The maximum atomic E-state index is 12.4. The number of hydrogen-bond acceptors (Lipinski definition) is 5. The van der Waals surface area contributed by atoms with Gasteiger partial charge in [0.1, 0.15) is 5.75 Å². The van der Waals surface area contributed by atoms with E-state index in [1.165, 1.54) is 20.2 Å². The van der Waals surface area contributed by atoms with Crippen LogP contribution >= 0.6 is 0 Å². The Morgan fingerprint density at radius 2 is 2.05 bits per heavy atom. The molecule has 112 valence electrons. The Kier molecular flexibility index (Phi) is 5.18. The molecular weight excluding hydrogens is 279 g/mol. The fraction of sp³-hybridized carbons (Fsp3) is 0.500. The smallest absolute Gasteiger partial charge is 0.495 e. The fourth-order valence-corrected chi connectivity index (χ4v) is 1.57. The van der Waals surface area contributed by atoms with Gasteiger partial charge in [0.05, 0.1) is 37.6 Å². The summed E-state index contributed by atoms with van der Waals surface area (Å²) in [6.45, 7) is 3.07. The van der Waals surface area contributed by atoms with E-state index < -0.39 is 24.5 Å². The van der Waals surface area contributed by atoms with Gasteiger partial charge in [-0.3, -0.25) is 9.78 Å². The average Bonchev–Trinajstić information content (AvgIpc) is 2.33. The van der Waals surface area contributed by atoms with Gasteiger partial charge in [-0.2, -0.15) is 0 Å². The number of carbonyl (C=O) groups is 1. The first kappa shape index (κ1) is 16.1. The summed E-state index contributed by atoms with van der Waals surface area (Å²) >= 11 is 0. The number of aromatic nitrogens is 1. The van der Waals surface area contributed by atoms with E-state index in [4.69, 9.17) is 9.47 Å². The van der Waals surface area contributed by atoms with Crippen molar-refractivity contribution in [1.29, 1.82) is 0 Å². The van der Waals surface area contributed by atoms with E-state index >= 15 is 0 Å². The fourth-order valence-electron chi connectivity index (χ4n) is 1.57. The molecule has 20 heavy (non-hydrogen) atoms. The molecule has 0 aromatic carbocycles. The van der Waals surface area contributed by atoms with Crippen LogP contribution in [-0.4, -0.2) is 31.0 Å². The SMILES string of the molecule is CCOC(=O)Cc1c(OC)cnc(C)c1OC(F)(F)F. The van der Waals surface area contributed by atoms with Crippen LogP contribution in [0.1, 0.15) is 18.2 Å². The first-order valence-electron chi connectivity index (χ1n) is 5.72. The molecule has 0 N–H and O–H groups in total. The van der Waals surface area contributed by atoms with Crippen LogP contribution in [0.15, 0.2) is 6.20 Å². The van der Waals surface area contributed by atoms with Crippen LogP contribution in [-0.2, 0) is 16.0 Å². The quantitative estimate of drug-likeness (QED) is 0.780. The molecule has 0 aliphatic carbocycles. The molecule has 1 aromatic heterocycles. The summed E-state index contributed by atoms with van der Waals surface area (Å²) < 4.78 is 50.8. The Hall–Kier alpha value is -1.99. The van der Waals surface area contributed by atoms with Gasteiger partial charge in [0.25, 0.3) is 0 Å². The highest BCUT2D eigenvalue weighted by atomic mass is 19.4. The molecule has 8 heteroatoms. The lowest BCUT2D eigenvalue weighted by molar-refractivity contribution is -0.275. The van der Waals surface area contributed by atoms with E-state index in [-0.39, 0.29) is 23.6 Å². The molecule has 0 bridgehead atoms. The molecule has 0 radical (unpaired) electrons. The van der Waals surface area contributed by atoms with Gasteiger partial charge in [-0.1, -0.05) is 0 Å². The van der Waals surface area contributed by atoms with Crippen LogP contribution in [0, 0.1) is 6.92 Å². The van der Waals surface area contributed by atoms with Crippen LogP contribution in [0.3, 0.4) is 0 Å². The summed E-state index contributed by atoms with van der Waals surface area (Å²) in [4.78, 5) is 15.2.